The van der Waals surface area contributed by atoms with Crippen LogP contribution >= 0.6 is 11.6 Å². The van der Waals surface area contributed by atoms with Crippen molar-refractivity contribution >= 4 is 17.6 Å². The SMILES string of the molecule is CCC(CC)Cn1ncc(C(=O)O)c1Cl. The van der Waals surface area contributed by atoms with Gasteiger partial charge in [-0.25, -0.2) is 4.79 Å². The molecule has 0 saturated heterocycles. The maximum Gasteiger partial charge on any atom is 0.340 e. The molecule has 0 bridgehead atoms. The number of carboxylic acid groups (broad SMARTS) is 1. The summed E-state index contributed by atoms with van der Waals surface area (Å²) in [6.45, 7) is 4.88. The number of carbonyl (C=O) groups is 1. The quantitative estimate of drug-likeness (QED) is 0.846. The molecule has 0 fully saturated rings. The fourth-order valence-electron chi connectivity index (χ4n) is 1.43. The van der Waals surface area contributed by atoms with Gasteiger partial charge in [0.05, 0.1) is 6.20 Å². The molecule has 1 aromatic rings. The van der Waals surface area contributed by atoms with Crippen LogP contribution in [-0.2, 0) is 6.54 Å². The average Bonchev–Trinajstić information content (AvgIpc) is 2.56. The van der Waals surface area contributed by atoms with Crippen molar-refractivity contribution in [3.8, 4) is 0 Å². The molecule has 0 aromatic carbocycles. The number of carboxylic acids is 1. The van der Waals surface area contributed by atoms with Gasteiger partial charge in [0, 0.05) is 6.54 Å². The molecule has 4 nitrogen and oxygen atoms in total. The number of nitrogens with zero attached hydrogens (tertiary/aromatic N) is 2. The van der Waals surface area contributed by atoms with E-state index in [2.05, 4.69) is 18.9 Å². The Morgan fingerprint density at radius 2 is 2.20 bits per heavy atom. The number of aromatic carboxylic acids is 1. The Labute approximate surface area is 93.9 Å². The Kier molecular flexibility index (Phi) is 4.15. The lowest BCUT2D eigenvalue weighted by molar-refractivity contribution is 0.0697. The summed E-state index contributed by atoms with van der Waals surface area (Å²) in [5.41, 5.74) is 0.0719. The van der Waals surface area contributed by atoms with Crippen molar-refractivity contribution in [3.05, 3.63) is 16.9 Å². The Morgan fingerprint density at radius 3 is 2.60 bits per heavy atom. The maximum absolute atomic E-state index is 10.7. The van der Waals surface area contributed by atoms with E-state index >= 15 is 0 Å². The lowest BCUT2D eigenvalue weighted by Crippen LogP contribution is -2.10. The van der Waals surface area contributed by atoms with Gasteiger partial charge in [-0.05, 0) is 5.92 Å². The van der Waals surface area contributed by atoms with E-state index in [9.17, 15) is 4.79 Å². The predicted molar refractivity (Wildman–Crippen MR) is 58.3 cm³/mol. The molecule has 0 atom stereocenters. The summed E-state index contributed by atoms with van der Waals surface area (Å²) in [4.78, 5) is 10.7. The first-order valence-corrected chi connectivity index (χ1v) is 5.42. The number of aromatic nitrogens is 2. The Balaban J connectivity index is 2.82. The van der Waals surface area contributed by atoms with E-state index in [4.69, 9.17) is 16.7 Å². The summed E-state index contributed by atoms with van der Waals surface area (Å²) in [5.74, 6) is -0.542. The van der Waals surface area contributed by atoms with Crippen molar-refractivity contribution in [2.75, 3.05) is 0 Å². The van der Waals surface area contributed by atoms with E-state index in [1.807, 2.05) is 0 Å². The molecule has 0 aliphatic carbocycles. The lowest BCUT2D eigenvalue weighted by atomic mass is 10.0. The first kappa shape index (κ1) is 12.0. The normalized spacial score (nSPS) is 10.9. The van der Waals surface area contributed by atoms with Crippen molar-refractivity contribution in [2.45, 2.75) is 33.2 Å². The van der Waals surface area contributed by atoms with Crippen LogP contribution in [0.25, 0.3) is 0 Å². The minimum atomic E-state index is -1.03. The molecule has 1 aromatic heterocycles. The highest BCUT2D eigenvalue weighted by Gasteiger charge is 2.16. The average molecular weight is 231 g/mol. The molecule has 1 heterocycles. The first-order valence-electron chi connectivity index (χ1n) is 5.04. The monoisotopic (exact) mass is 230 g/mol. The standard InChI is InChI=1S/C10H15ClN2O2/c1-3-7(4-2)6-13-9(11)8(5-12-13)10(14)15/h5,7H,3-4,6H2,1-2H3,(H,14,15). The number of halogens is 1. The highest BCUT2D eigenvalue weighted by Crippen LogP contribution is 2.19. The van der Waals surface area contributed by atoms with Crippen LogP contribution in [-0.4, -0.2) is 20.9 Å². The van der Waals surface area contributed by atoms with E-state index in [1.54, 1.807) is 4.68 Å². The zero-order valence-corrected chi connectivity index (χ0v) is 9.66. The fourth-order valence-corrected chi connectivity index (χ4v) is 1.67. The molecule has 0 spiro atoms. The third-order valence-electron chi connectivity index (χ3n) is 2.59. The van der Waals surface area contributed by atoms with Gasteiger partial charge in [-0.3, -0.25) is 4.68 Å². The van der Waals surface area contributed by atoms with Crippen LogP contribution in [0.2, 0.25) is 5.15 Å². The Bertz CT molecular complexity index is 345. The van der Waals surface area contributed by atoms with Crippen LogP contribution in [0, 0.1) is 5.92 Å². The van der Waals surface area contributed by atoms with Crippen molar-refractivity contribution < 1.29 is 9.90 Å². The van der Waals surface area contributed by atoms with Gasteiger partial charge in [0.1, 0.15) is 10.7 Å². The van der Waals surface area contributed by atoms with Crippen molar-refractivity contribution in [3.63, 3.8) is 0 Å². The number of hydrogen-bond donors (Lipinski definition) is 1. The predicted octanol–water partition coefficient (Wildman–Crippen LogP) is 2.67. The zero-order valence-electron chi connectivity index (χ0n) is 8.90. The summed E-state index contributed by atoms with van der Waals surface area (Å²) in [5, 5.41) is 13.0. The lowest BCUT2D eigenvalue weighted by Gasteiger charge is -2.12. The van der Waals surface area contributed by atoms with Gasteiger partial charge in [-0.2, -0.15) is 5.10 Å². The molecule has 1 N–H and O–H groups in total. The molecule has 0 aliphatic heterocycles. The van der Waals surface area contributed by atoms with E-state index in [0.29, 0.717) is 12.5 Å². The second-order valence-corrected chi connectivity index (χ2v) is 3.88. The van der Waals surface area contributed by atoms with Crippen molar-refractivity contribution in [1.29, 1.82) is 0 Å². The van der Waals surface area contributed by atoms with Crippen LogP contribution in [0.15, 0.2) is 6.20 Å². The molecule has 0 aliphatic rings. The smallest absolute Gasteiger partial charge is 0.340 e. The summed E-state index contributed by atoms with van der Waals surface area (Å²) in [7, 11) is 0. The molecular formula is C10H15ClN2O2. The topological polar surface area (TPSA) is 55.1 Å². The summed E-state index contributed by atoms with van der Waals surface area (Å²) < 4.78 is 1.56. The van der Waals surface area contributed by atoms with Crippen molar-refractivity contribution in [2.24, 2.45) is 5.92 Å². The van der Waals surface area contributed by atoms with Crippen LogP contribution in [0.3, 0.4) is 0 Å². The second-order valence-electron chi connectivity index (χ2n) is 3.52. The van der Waals surface area contributed by atoms with Gasteiger partial charge < -0.3 is 5.11 Å². The molecule has 0 saturated carbocycles. The maximum atomic E-state index is 10.7. The highest BCUT2D eigenvalue weighted by atomic mass is 35.5. The van der Waals surface area contributed by atoms with Gasteiger partial charge in [0.2, 0.25) is 0 Å². The zero-order chi connectivity index (χ0) is 11.4. The largest absolute Gasteiger partial charge is 0.478 e. The molecule has 0 unspecified atom stereocenters. The fraction of sp³-hybridized carbons (Fsp3) is 0.600. The molecule has 5 heteroatoms. The van der Waals surface area contributed by atoms with E-state index in [1.165, 1.54) is 6.20 Å². The van der Waals surface area contributed by atoms with Crippen LogP contribution in [0.5, 0.6) is 0 Å². The van der Waals surface area contributed by atoms with E-state index in [-0.39, 0.29) is 10.7 Å². The van der Waals surface area contributed by atoms with Gasteiger partial charge in [-0.1, -0.05) is 38.3 Å². The molecule has 84 valence electrons. The second kappa shape index (κ2) is 5.16. The van der Waals surface area contributed by atoms with Gasteiger partial charge in [0.25, 0.3) is 0 Å². The summed E-state index contributed by atoms with van der Waals surface area (Å²) in [6.07, 6.45) is 3.37. The van der Waals surface area contributed by atoms with Crippen LogP contribution < -0.4 is 0 Å². The molecular weight excluding hydrogens is 216 g/mol. The third kappa shape index (κ3) is 2.72. The highest BCUT2D eigenvalue weighted by molar-refractivity contribution is 6.32. The van der Waals surface area contributed by atoms with Crippen molar-refractivity contribution in [1.82, 2.24) is 9.78 Å². The summed E-state index contributed by atoms with van der Waals surface area (Å²) in [6, 6.07) is 0. The van der Waals surface area contributed by atoms with Gasteiger partial charge >= 0.3 is 5.97 Å². The first-order chi connectivity index (χ1) is 7.10. The van der Waals surface area contributed by atoms with E-state index in [0.717, 1.165) is 12.8 Å². The van der Waals surface area contributed by atoms with E-state index < -0.39 is 5.97 Å². The minimum Gasteiger partial charge on any atom is -0.478 e. The Hall–Kier alpha value is -1.03. The minimum absolute atomic E-state index is 0.0719. The third-order valence-corrected chi connectivity index (χ3v) is 2.99. The number of rotatable bonds is 5. The van der Waals surface area contributed by atoms with Crippen LogP contribution in [0.1, 0.15) is 37.0 Å². The molecule has 15 heavy (non-hydrogen) atoms. The van der Waals surface area contributed by atoms with Gasteiger partial charge in [0.15, 0.2) is 0 Å². The Morgan fingerprint density at radius 1 is 1.60 bits per heavy atom. The van der Waals surface area contributed by atoms with Gasteiger partial charge in [-0.15, -0.1) is 0 Å². The number of hydrogen-bond acceptors (Lipinski definition) is 2. The molecule has 1 rings (SSSR count). The molecule has 0 amide bonds. The molecule has 0 radical (unpaired) electrons. The summed E-state index contributed by atoms with van der Waals surface area (Å²) >= 11 is 5.90. The van der Waals surface area contributed by atoms with Crippen LogP contribution in [0.4, 0.5) is 0 Å².